The average molecular weight is 142 g/mol. The molecule has 0 saturated carbocycles. The minimum Gasteiger partial charge on any atom is -0.346 e. The first kappa shape index (κ1) is 7.54. The average Bonchev–Trinajstić information content (AvgIpc) is 1.95. The fraction of sp³-hybridized carbons (Fsp3) is 0.857. The molecule has 0 aromatic carbocycles. The topological polar surface area (TPSA) is 46.3 Å². The van der Waals surface area contributed by atoms with Crippen molar-refractivity contribution in [1.29, 1.82) is 0 Å². The molecule has 1 amide bonds. The SMILES string of the molecule is CN1CC[C@H](CN)CC1=O. The summed E-state index contributed by atoms with van der Waals surface area (Å²) in [6.07, 6.45) is 1.71. The van der Waals surface area contributed by atoms with Crippen LogP contribution in [-0.4, -0.2) is 30.9 Å². The summed E-state index contributed by atoms with van der Waals surface area (Å²) in [7, 11) is 1.84. The molecule has 0 aromatic rings. The highest BCUT2D eigenvalue weighted by Gasteiger charge is 2.21. The van der Waals surface area contributed by atoms with Crippen molar-refractivity contribution in [3.8, 4) is 0 Å². The van der Waals surface area contributed by atoms with Gasteiger partial charge in [-0.3, -0.25) is 4.79 Å². The van der Waals surface area contributed by atoms with Gasteiger partial charge in [-0.2, -0.15) is 0 Å². The van der Waals surface area contributed by atoms with Crippen molar-refractivity contribution in [2.24, 2.45) is 11.7 Å². The number of piperidine rings is 1. The van der Waals surface area contributed by atoms with E-state index in [9.17, 15) is 4.79 Å². The molecule has 0 radical (unpaired) electrons. The van der Waals surface area contributed by atoms with Gasteiger partial charge in [0.05, 0.1) is 0 Å². The van der Waals surface area contributed by atoms with Crippen molar-refractivity contribution in [3.63, 3.8) is 0 Å². The molecule has 1 saturated heterocycles. The molecule has 3 heteroatoms. The van der Waals surface area contributed by atoms with Crippen molar-refractivity contribution in [2.75, 3.05) is 20.1 Å². The molecule has 3 nitrogen and oxygen atoms in total. The molecule has 58 valence electrons. The number of amides is 1. The predicted molar refractivity (Wildman–Crippen MR) is 39.4 cm³/mol. The highest BCUT2D eigenvalue weighted by molar-refractivity contribution is 5.76. The molecule has 0 bridgehead atoms. The minimum absolute atomic E-state index is 0.238. The first-order valence-corrected chi connectivity index (χ1v) is 3.68. The summed E-state index contributed by atoms with van der Waals surface area (Å²) in [6, 6.07) is 0. The summed E-state index contributed by atoms with van der Waals surface area (Å²) >= 11 is 0. The van der Waals surface area contributed by atoms with Crippen LogP contribution in [0.2, 0.25) is 0 Å². The zero-order valence-electron chi connectivity index (χ0n) is 6.34. The van der Waals surface area contributed by atoms with Gasteiger partial charge in [0.2, 0.25) is 5.91 Å². The molecule has 0 spiro atoms. The minimum atomic E-state index is 0.238. The maximum Gasteiger partial charge on any atom is 0.222 e. The fourth-order valence-corrected chi connectivity index (χ4v) is 1.21. The van der Waals surface area contributed by atoms with Crippen molar-refractivity contribution in [1.82, 2.24) is 4.90 Å². The van der Waals surface area contributed by atoms with Crippen LogP contribution in [0.15, 0.2) is 0 Å². The first-order valence-electron chi connectivity index (χ1n) is 3.68. The zero-order chi connectivity index (χ0) is 7.56. The lowest BCUT2D eigenvalue weighted by molar-refractivity contribution is -0.133. The number of carbonyl (C=O) groups is 1. The summed E-state index contributed by atoms with van der Waals surface area (Å²) in [5.41, 5.74) is 5.44. The van der Waals surface area contributed by atoms with Crippen LogP contribution in [0.1, 0.15) is 12.8 Å². The second-order valence-corrected chi connectivity index (χ2v) is 2.91. The Labute approximate surface area is 61.2 Å². The van der Waals surface area contributed by atoms with E-state index in [4.69, 9.17) is 5.73 Å². The largest absolute Gasteiger partial charge is 0.346 e. The van der Waals surface area contributed by atoms with E-state index in [1.54, 1.807) is 4.90 Å². The number of rotatable bonds is 1. The fourth-order valence-electron chi connectivity index (χ4n) is 1.21. The third-order valence-electron chi connectivity index (χ3n) is 2.10. The van der Waals surface area contributed by atoms with Crippen molar-refractivity contribution in [3.05, 3.63) is 0 Å². The van der Waals surface area contributed by atoms with Crippen LogP contribution in [0.5, 0.6) is 0 Å². The number of hydrogen-bond donors (Lipinski definition) is 1. The second kappa shape index (κ2) is 3.01. The van der Waals surface area contributed by atoms with Crippen LogP contribution in [0.4, 0.5) is 0 Å². The molecule has 1 aliphatic heterocycles. The molecule has 10 heavy (non-hydrogen) atoms. The number of nitrogens with zero attached hydrogens (tertiary/aromatic N) is 1. The predicted octanol–water partition coefficient (Wildman–Crippen LogP) is -0.187. The van der Waals surface area contributed by atoms with Gasteiger partial charge in [-0.15, -0.1) is 0 Å². The van der Waals surface area contributed by atoms with Gasteiger partial charge in [-0.25, -0.2) is 0 Å². The van der Waals surface area contributed by atoms with Crippen molar-refractivity contribution < 1.29 is 4.79 Å². The van der Waals surface area contributed by atoms with Gasteiger partial charge >= 0.3 is 0 Å². The van der Waals surface area contributed by atoms with Crippen molar-refractivity contribution in [2.45, 2.75) is 12.8 Å². The van der Waals surface area contributed by atoms with Crippen LogP contribution in [0.25, 0.3) is 0 Å². The molecular weight excluding hydrogens is 128 g/mol. The number of hydrogen-bond acceptors (Lipinski definition) is 2. The summed E-state index contributed by atoms with van der Waals surface area (Å²) in [5.74, 6) is 0.672. The van der Waals surface area contributed by atoms with E-state index < -0.39 is 0 Å². The van der Waals surface area contributed by atoms with Crippen LogP contribution < -0.4 is 5.73 Å². The second-order valence-electron chi connectivity index (χ2n) is 2.91. The van der Waals surface area contributed by atoms with Crippen molar-refractivity contribution >= 4 is 5.91 Å². The van der Waals surface area contributed by atoms with Gasteiger partial charge in [0.25, 0.3) is 0 Å². The Morgan fingerprint density at radius 3 is 3.00 bits per heavy atom. The van der Waals surface area contributed by atoms with Gasteiger partial charge in [0.15, 0.2) is 0 Å². The highest BCUT2D eigenvalue weighted by atomic mass is 16.2. The lowest BCUT2D eigenvalue weighted by Crippen LogP contribution is -2.37. The molecule has 0 aromatic heterocycles. The maximum atomic E-state index is 11.0. The van der Waals surface area contributed by atoms with Gasteiger partial charge < -0.3 is 10.6 Å². The molecule has 1 rings (SSSR count). The molecule has 0 unspecified atom stereocenters. The summed E-state index contributed by atoms with van der Waals surface area (Å²) < 4.78 is 0. The Kier molecular flexibility index (Phi) is 2.27. The Morgan fingerprint density at radius 1 is 1.80 bits per heavy atom. The van der Waals surface area contributed by atoms with Crippen LogP contribution in [-0.2, 0) is 4.79 Å². The van der Waals surface area contributed by atoms with E-state index in [2.05, 4.69) is 0 Å². The third kappa shape index (κ3) is 1.48. The van der Waals surface area contributed by atoms with E-state index in [1.807, 2.05) is 7.05 Å². The number of nitrogens with two attached hydrogens (primary N) is 1. The standard InChI is InChI=1S/C7H14N2O/c1-9-3-2-6(5-8)4-7(9)10/h6H,2-5,8H2,1H3/t6-/m0/s1. The molecule has 2 N–H and O–H groups in total. The first-order chi connectivity index (χ1) is 4.74. The van der Waals surface area contributed by atoms with Gasteiger partial charge in [-0.05, 0) is 18.9 Å². The van der Waals surface area contributed by atoms with Crippen LogP contribution in [0, 0.1) is 5.92 Å². The monoisotopic (exact) mass is 142 g/mol. The van der Waals surface area contributed by atoms with E-state index in [-0.39, 0.29) is 5.91 Å². The van der Waals surface area contributed by atoms with E-state index >= 15 is 0 Å². The van der Waals surface area contributed by atoms with E-state index in [1.165, 1.54) is 0 Å². The molecule has 1 fully saturated rings. The van der Waals surface area contributed by atoms with Crippen LogP contribution >= 0.6 is 0 Å². The summed E-state index contributed by atoms with van der Waals surface area (Å²) in [6.45, 7) is 1.53. The Morgan fingerprint density at radius 2 is 2.50 bits per heavy atom. The summed E-state index contributed by atoms with van der Waals surface area (Å²) in [4.78, 5) is 12.8. The Hall–Kier alpha value is -0.570. The Balaban J connectivity index is 2.41. The number of carbonyl (C=O) groups excluding carboxylic acids is 1. The molecule has 0 aliphatic carbocycles. The van der Waals surface area contributed by atoms with E-state index in [0.717, 1.165) is 13.0 Å². The maximum absolute atomic E-state index is 11.0. The van der Waals surface area contributed by atoms with Gasteiger partial charge in [-0.1, -0.05) is 0 Å². The molecular formula is C7H14N2O. The highest BCUT2D eigenvalue weighted by Crippen LogP contribution is 2.14. The van der Waals surface area contributed by atoms with Crippen LogP contribution in [0.3, 0.4) is 0 Å². The lowest BCUT2D eigenvalue weighted by atomic mass is 9.97. The smallest absolute Gasteiger partial charge is 0.222 e. The summed E-state index contributed by atoms with van der Waals surface area (Å²) in [5, 5.41) is 0. The van der Waals surface area contributed by atoms with Gasteiger partial charge in [0, 0.05) is 20.0 Å². The normalized spacial score (nSPS) is 27.2. The zero-order valence-corrected chi connectivity index (χ0v) is 6.34. The number of likely N-dealkylation sites (tertiary alicyclic amines) is 1. The molecule has 1 atom stereocenters. The molecule has 1 heterocycles. The third-order valence-corrected chi connectivity index (χ3v) is 2.10. The van der Waals surface area contributed by atoms with Gasteiger partial charge in [0.1, 0.15) is 0 Å². The lowest BCUT2D eigenvalue weighted by Gasteiger charge is -2.27. The molecule has 1 aliphatic rings. The Bertz CT molecular complexity index is 136. The van der Waals surface area contributed by atoms with E-state index in [0.29, 0.717) is 18.9 Å². The quantitative estimate of drug-likeness (QED) is 0.551.